The summed E-state index contributed by atoms with van der Waals surface area (Å²) >= 11 is 0. The Morgan fingerprint density at radius 1 is 1.24 bits per heavy atom. The molecule has 0 aliphatic carbocycles. The Morgan fingerprint density at radius 2 is 2.05 bits per heavy atom. The monoisotopic (exact) mass is 319 g/mol. The van der Waals surface area contributed by atoms with Gasteiger partial charge in [0.15, 0.2) is 0 Å². The molecule has 0 amide bonds. The van der Waals surface area contributed by atoms with Gasteiger partial charge in [0.25, 0.3) is 0 Å². The first-order valence-electron chi connectivity index (χ1n) is 6.60. The van der Waals surface area contributed by atoms with Crippen LogP contribution >= 0.6 is 0 Å². The number of sulfonamides is 1. The standard InChI is InChI=1S/C13H15F2NO4S/c14-10-1-2-11(15)12(7-10)21(17,18)16-4-6-20-13(8-16)3-5-19-9-13/h1-2,7H,3-6,8-9H2. The molecule has 2 aliphatic heterocycles. The first-order chi connectivity index (χ1) is 9.93. The highest BCUT2D eigenvalue weighted by molar-refractivity contribution is 7.89. The fraction of sp³-hybridized carbons (Fsp3) is 0.538. The van der Waals surface area contributed by atoms with Crippen LogP contribution in [0.1, 0.15) is 6.42 Å². The van der Waals surface area contributed by atoms with Crippen LogP contribution in [0, 0.1) is 11.6 Å². The molecule has 0 saturated carbocycles. The maximum absolute atomic E-state index is 13.8. The van der Waals surface area contributed by atoms with E-state index in [1.165, 1.54) is 0 Å². The van der Waals surface area contributed by atoms with Gasteiger partial charge in [0.05, 0.1) is 13.2 Å². The minimum absolute atomic E-state index is 0.0886. The Labute approximate surface area is 121 Å². The second-order valence-electron chi connectivity index (χ2n) is 5.25. The molecule has 2 saturated heterocycles. The highest BCUT2D eigenvalue weighted by atomic mass is 32.2. The van der Waals surface area contributed by atoms with Crippen molar-refractivity contribution in [2.45, 2.75) is 16.9 Å². The van der Waals surface area contributed by atoms with Crippen LogP contribution in [0.5, 0.6) is 0 Å². The van der Waals surface area contributed by atoms with Gasteiger partial charge in [-0.2, -0.15) is 4.31 Å². The SMILES string of the molecule is O=S(=O)(c1cc(F)ccc1F)N1CCOC2(CCOC2)C1. The number of hydrogen-bond donors (Lipinski definition) is 0. The van der Waals surface area contributed by atoms with Crippen molar-refractivity contribution in [2.24, 2.45) is 0 Å². The molecule has 2 heterocycles. The topological polar surface area (TPSA) is 55.8 Å². The molecule has 1 unspecified atom stereocenters. The van der Waals surface area contributed by atoms with Gasteiger partial charge in [-0.1, -0.05) is 0 Å². The smallest absolute Gasteiger partial charge is 0.246 e. The van der Waals surface area contributed by atoms with Gasteiger partial charge in [-0.25, -0.2) is 17.2 Å². The molecule has 0 bridgehead atoms. The van der Waals surface area contributed by atoms with Crippen molar-refractivity contribution in [1.29, 1.82) is 0 Å². The number of halogens is 2. The van der Waals surface area contributed by atoms with E-state index in [4.69, 9.17) is 9.47 Å². The first kappa shape index (κ1) is 14.8. The zero-order chi connectivity index (χ0) is 15.1. The summed E-state index contributed by atoms with van der Waals surface area (Å²) in [5.41, 5.74) is -0.672. The summed E-state index contributed by atoms with van der Waals surface area (Å²) in [5, 5.41) is 0. The van der Waals surface area contributed by atoms with Crippen molar-refractivity contribution >= 4 is 10.0 Å². The van der Waals surface area contributed by atoms with Gasteiger partial charge in [0, 0.05) is 26.1 Å². The van der Waals surface area contributed by atoms with E-state index in [-0.39, 0.29) is 19.7 Å². The molecule has 8 heteroatoms. The molecule has 2 aliphatic rings. The molecule has 1 atom stereocenters. The first-order valence-corrected chi connectivity index (χ1v) is 8.04. The highest BCUT2D eigenvalue weighted by Crippen LogP contribution is 2.31. The van der Waals surface area contributed by atoms with Crippen LogP contribution in [-0.2, 0) is 19.5 Å². The number of hydrogen-bond acceptors (Lipinski definition) is 4. The van der Waals surface area contributed by atoms with Crippen LogP contribution in [-0.4, -0.2) is 51.2 Å². The maximum Gasteiger partial charge on any atom is 0.246 e. The lowest BCUT2D eigenvalue weighted by molar-refractivity contribution is -0.0897. The Balaban J connectivity index is 1.92. The fourth-order valence-electron chi connectivity index (χ4n) is 2.66. The number of benzene rings is 1. The van der Waals surface area contributed by atoms with Gasteiger partial charge < -0.3 is 9.47 Å². The second kappa shape index (κ2) is 5.28. The third kappa shape index (κ3) is 2.68. The predicted molar refractivity (Wildman–Crippen MR) is 69.2 cm³/mol. The van der Waals surface area contributed by atoms with Crippen LogP contribution in [0.3, 0.4) is 0 Å². The molecule has 0 aromatic heterocycles. The van der Waals surface area contributed by atoms with Crippen LogP contribution in [0.4, 0.5) is 8.78 Å². The predicted octanol–water partition coefficient (Wildman–Crippen LogP) is 1.14. The zero-order valence-corrected chi connectivity index (χ0v) is 12.0. The highest BCUT2D eigenvalue weighted by Gasteiger charge is 2.44. The zero-order valence-electron chi connectivity index (χ0n) is 11.2. The summed E-state index contributed by atoms with van der Waals surface area (Å²) in [6, 6.07) is 2.41. The van der Waals surface area contributed by atoms with Crippen molar-refractivity contribution in [3.63, 3.8) is 0 Å². The summed E-state index contributed by atoms with van der Waals surface area (Å²) in [4.78, 5) is -0.640. The molecule has 0 radical (unpaired) electrons. The summed E-state index contributed by atoms with van der Waals surface area (Å²) in [6.07, 6.45) is 0.588. The van der Waals surface area contributed by atoms with Crippen molar-refractivity contribution in [1.82, 2.24) is 4.31 Å². The summed E-state index contributed by atoms with van der Waals surface area (Å²) in [7, 11) is -4.10. The van der Waals surface area contributed by atoms with Gasteiger partial charge in [-0.05, 0) is 18.2 Å². The van der Waals surface area contributed by atoms with Crippen molar-refractivity contribution in [3.05, 3.63) is 29.8 Å². The van der Waals surface area contributed by atoms with Crippen LogP contribution < -0.4 is 0 Å². The van der Waals surface area contributed by atoms with Crippen LogP contribution in [0.2, 0.25) is 0 Å². The third-order valence-corrected chi connectivity index (χ3v) is 5.65. The number of rotatable bonds is 2. The Bertz CT molecular complexity index is 644. The average molecular weight is 319 g/mol. The van der Waals surface area contributed by atoms with E-state index in [9.17, 15) is 17.2 Å². The quantitative estimate of drug-likeness (QED) is 0.820. The van der Waals surface area contributed by atoms with Crippen molar-refractivity contribution < 1.29 is 26.7 Å². The molecule has 116 valence electrons. The largest absolute Gasteiger partial charge is 0.378 e. The van der Waals surface area contributed by atoms with E-state index in [0.717, 1.165) is 16.4 Å². The van der Waals surface area contributed by atoms with Gasteiger partial charge in [-0.15, -0.1) is 0 Å². The fourth-order valence-corrected chi connectivity index (χ4v) is 4.23. The lowest BCUT2D eigenvalue weighted by atomic mass is 10.0. The van der Waals surface area contributed by atoms with Crippen LogP contribution in [0.15, 0.2) is 23.1 Å². The Kier molecular flexibility index (Phi) is 3.73. The Hall–Kier alpha value is -1.09. The van der Waals surface area contributed by atoms with Gasteiger partial charge in [0.2, 0.25) is 10.0 Å². The maximum atomic E-state index is 13.8. The minimum atomic E-state index is -4.10. The Morgan fingerprint density at radius 3 is 2.76 bits per heavy atom. The normalized spacial score (nSPS) is 27.3. The number of nitrogens with zero attached hydrogens (tertiary/aromatic N) is 1. The van der Waals surface area contributed by atoms with E-state index in [0.29, 0.717) is 25.7 Å². The molecule has 2 fully saturated rings. The molecule has 0 N–H and O–H groups in total. The van der Waals surface area contributed by atoms with E-state index < -0.39 is 32.2 Å². The molecular weight excluding hydrogens is 304 g/mol. The minimum Gasteiger partial charge on any atom is -0.378 e. The van der Waals surface area contributed by atoms with Gasteiger partial charge in [-0.3, -0.25) is 0 Å². The van der Waals surface area contributed by atoms with E-state index in [2.05, 4.69) is 0 Å². The van der Waals surface area contributed by atoms with E-state index >= 15 is 0 Å². The second-order valence-corrected chi connectivity index (χ2v) is 7.15. The van der Waals surface area contributed by atoms with E-state index in [1.54, 1.807) is 0 Å². The summed E-state index contributed by atoms with van der Waals surface area (Å²) < 4.78 is 64.1. The van der Waals surface area contributed by atoms with Crippen molar-refractivity contribution in [2.75, 3.05) is 32.9 Å². The molecule has 21 heavy (non-hydrogen) atoms. The average Bonchev–Trinajstić information content (AvgIpc) is 2.89. The molecule has 5 nitrogen and oxygen atoms in total. The molecule has 3 rings (SSSR count). The molecule has 1 aromatic rings. The van der Waals surface area contributed by atoms with Crippen molar-refractivity contribution in [3.8, 4) is 0 Å². The molecular formula is C13H15F2NO4S. The van der Waals surface area contributed by atoms with E-state index in [1.807, 2.05) is 0 Å². The lowest BCUT2D eigenvalue weighted by Crippen LogP contribution is -2.54. The van der Waals surface area contributed by atoms with Gasteiger partial charge in [0.1, 0.15) is 22.1 Å². The summed E-state index contributed by atoms with van der Waals surface area (Å²) in [6.45, 7) is 1.22. The molecule has 1 spiro atoms. The van der Waals surface area contributed by atoms with Gasteiger partial charge >= 0.3 is 0 Å². The van der Waals surface area contributed by atoms with Crippen LogP contribution in [0.25, 0.3) is 0 Å². The third-order valence-electron chi connectivity index (χ3n) is 3.79. The number of morpholine rings is 1. The number of ether oxygens (including phenoxy) is 2. The molecule has 1 aromatic carbocycles. The lowest BCUT2D eigenvalue weighted by Gasteiger charge is -2.38. The summed E-state index contributed by atoms with van der Waals surface area (Å²) in [5.74, 6) is -1.75.